The van der Waals surface area contributed by atoms with E-state index in [0.717, 1.165) is 19.4 Å². The zero-order valence-corrected chi connectivity index (χ0v) is 13.2. The molecule has 4 nitrogen and oxygen atoms in total. The van der Waals surface area contributed by atoms with E-state index in [0.29, 0.717) is 19.0 Å². The molecule has 1 aromatic carbocycles. The average molecular weight is 290 g/mol. The van der Waals surface area contributed by atoms with Crippen LogP contribution in [0.2, 0.25) is 0 Å². The Bertz CT molecular complexity index is 503. The summed E-state index contributed by atoms with van der Waals surface area (Å²) in [6.45, 7) is 7.54. The summed E-state index contributed by atoms with van der Waals surface area (Å²) in [5, 5.41) is 12.5. The Morgan fingerprint density at radius 3 is 2.86 bits per heavy atom. The number of carbonyl (C=O) groups is 1. The van der Waals surface area contributed by atoms with Gasteiger partial charge in [0, 0.05) is 18.3 Å². The number of nitrogens with zero attached hydrogens (tertiary/aromatic N) is 1. The molecule has 1 aliphatic rings. The van der Waals surface area contributed by atoms with Crippen LogP contribution in [0.3, 0.4) is 0 Å². The molecule has 0 saturated heterocycles. The number of aliphatic carboxylic acids is 1. The van der Waals surface area contributed by atoms with Crippen molar-refractivity contribution in [3.05, 3.63) is 29.8 Å². The number of carboxylic acid groups (broad SMARTS) is 1. The number of para-hydroxylation sites is 1. The maximum absolute atomic E-state index is 11.4. The van der Waals surface area contributed by atoms with Crippen LogP contribution in [-0.2, 0) is 11.2 Å². The lowest BCUT2D eigenvalue weighted by molar-refractivity contribution is -0.144. The van der Waals surface area contributed by atoms with Gasteiger partial charge in [-0.2, -0.15) is 0 Å². The van der Waals surface area contributed by atoms with Gasteiger partial charge in [-0.3, -0.25) is 4.79 Å². The molecule has 116 valence electrons. The van der Waals surface area contributed by atoms with Crippen LogP contribution in [-0.4, -0.2) is 35.7 Å². The molecule has 0 amide bonds. The Morgan fingerprint density at radius 1 is 1.48 bits per heavy atom. The first-order valence-corrected chi connectivity index (χ1v) is 7.81. The SMILES string of the molecule is CCNC(C)(CCCN1c2ccccc2CC1C)C(=O)O. The largest absolute Gasteiger partial charge is 0.480 e. The van der Waals surface area contributed by atoms with Gasteiger partial charge in [0.1, 0.15) is 5.54 Å². The molecule has 0 aliphatic carbocycles. The molecular weight excluding hydrogens is 264 g/mol. The van der Waals surface area contributed by atoms with E-state index < -0.39 is 11.5 Å². The number of nitrogens with one attached hydrogen (secondary N) is 1. The third-order valence-corrected chi connectivity index (χ3v) is 4.46. The van der Waals surface area contributed by atoms with E-state index in [2.05, 4.69) is 41.4 Å². The second kappa shape index (κ2) is 6.48. The van der Waals surface area contributed by atoms with Crippen molar-refractivity contribution in [2.75, 3.05) is 18.0 Å². The zero-order chi connectivity index (χ0) is 15.5. The lowest BCUT2D eigenvalue weighted by Gasteiger charge is -2.29. The summed E-state index contributed by atoms with van der Waals surface area (Å²) in [6.07, 6.45) is 2.59. The summed E-state index contributed by atoms with van der Waals surface area (Å²) in [5.74, 6) is -0.765. The van der Waals surface area contributed by atoms with Gasteiger partial charge >= 0.3 is 5.97 Å². The molecule has 0 spiro atoms. The molecule has 0 fully saturated rings. The van der Waals surface area contributed by atoms with Gasteiger partial charge in [-0.25, -0.2) is 0 Å². The monoisotopic (exact) mass is 290 g/mol. The third kappa shape index (κ3) is 3.38. The quantitative estimate of drug-likeness (QED) is 0.810. The predicted molar refractivity (Wildman–Crippen MR) is 85.9 cm³/mol. The van der Waals surface area contributed by atoms with E-state index in [1.54, 1.807) is 6.92 Å². The van der Waals surface area contributed by atoms with Crippen LogP contribution in [0.1, 0.15) is 39.2 Å². The zero-order valence-electron chi connectivity index (χ0n) is 13.2. The van der Waals surface area contributed by atoms with Crippen molar-refractivity contribution in [2.45, 2.75) is 51.6 Å². The Labute approximate surface area is 127 Å². The second-order valence-electron chi connectivity index (χ2n) is 6.15. The van der Waals surface area contributed by atoms with Crippen molar-refractivity contribution in [3.8, 4) is 0 Å². The molecular formula is C17H26N2O2. The minimum absolute atomic E-state index is 0.498. The molecule has 2 unspecified atom stereocenters. The van der Waals surface area contributed by atoms with Crippen LogP contribution in [0.15, 0.2) is 24.3 Å². The van der Waals surface area contributed by atoms with Crippen LogP contribution >= 0.6 is 0 Å². The third-order valence-electron chi connectivity index (χ3n) is 4.46. The average Bonchev–Trinajstić information content (AvgIpc) is 2.75. The van der Waals surface area contributed by atoms with Crippen LogP contribution in [0.4, 0.5) is 5.69 Å². The van der Waals surface area contributed by atoms with E-state index in [1.807, 2.05) is 6.92 Å². The molecule has 0 bridgehead atoms. The summed E-state index contributed by atoms with van der Waals surface area (Å²) in [7, 11) is 0. The van der Waals surface area contributed by atoms with Gasteiger partial charge in [-0.05, 0) is 51.3 Å². The molecule has 0 aromatic heterocycles. The first kappa shape index (κ1) is 15.8. The number of hydrogen-bond acceptors (Lipinski definition) is 3. The Kier molecular flexibility index (Phi) is 4.88. The number of benzene rings is 1. The van der Waals surface area contributed by atoms with Gasteiger partial charge in [0.05, 0.1) is 0 Å². The Balaban J connectivity index is 1.96. The van der Waals surface area contributed by atoms with E-state index in [1.165, 1.54) is 11.3 Å². The van der Waals surface area contributed by atoms with Crippen LogP contribution in [0, 0.1) is 0 Å². The number of anilines is 1. The number of hydrogen-bond donors (Lipinski definition) is 2. The van der Waals surface area contributed by atoms with Crippen molar-refractivity contribution >= 4 is 11.7 Å². The topological polar surface area (TPSA) is 52.6 Å². The summed E-state index contributed by atoms with van der Waals surface area (Å²) in [4.78, 5) is 13.8. The molecule has 0 radical (unpaired) electrons. The van der Waals surface area contributed by atoms with Crippen molar-refractivity contribution in [1.82, 2.24) is 5.32 Å². The van der Waals surface area contributed by atoms with Gasteiger partial charge in [0.15, 0.2) is 0 Å². The number of rotatable bonds is 7. The molecule has 4 heteroatoms. The van der Waals surface area contributed by atoms with Gasteiger partial charge in [-0.15, -0.1) is 0 Å². The highest BCUT2D eigenvalue weighted by Gasteiger charge is 2.32. The molecule has 1 heterocycles. The highest BCUT2D eigenvalue weighted by molar-refractivity contribution is 5.78. The Morgan fingerprint density at radius 2 is 2.19 bits per heavy atom. The number of carboxylic acids is 1. The molecule has 21 heavy (non-hydrogen) atoms. The highest BCUT2D eigenvalue weighted by atomic mass is 16.4. The van der Waals surface area contributed by atoms with Crippen molar-refractivity contribution in [3.63, 3.8) is 0 Å². The fourth-order valence-corrected chi connectivity index (χ4v) is 3.23. The summed E-state index contributed by atoms with van der Waals surface area (Å²) in [5.41, 5.74) is 1.89. The first-order chi connectivity index (χ1) is 9.98. The van der Waals surface area contributed by atoms with E-state index in [4.69, 9.17) is 0 Å². The van der Waals surface area contributed by atoms with Gasteiger partial charge < -0.3 is 15.3 Å². The van der Waals surface area contributed by atoms with E-state index >= 15 is 0 Å². The number of likely N-dealkylation sites (N-methyl/N-ethyl adjacent to an activating group) is 1. The van der Waals surface area contributed by atoms with Crippen LogP contribution in [0.5, 0.6) is 0 Å². The Hall–Kier alpha value is -1.55. The molecule has 2 rings (SSSR count). The molecule has 0 saturated carbocycles. The molecule has 1 aromatic rings. The maximum atomic E-state index is 11.4. The molecule has 2 N–H and O–H groups in total. The van der Waals surface area contributed by atoms with Gasteiger partial charge in [0.25, 0.3) is 0 Å². The summed E-state index contributed by atoms with van der Waals surface area (Å²) in [6, 6.07) is 9.01. The smallest absolute Gasteiger partial charge is 0.323 e. The summed E-state index contributed by atoms with van der Waals surface area (Å²) >= 11 is 0. The lowest BCUT2D eigenvalue weighted by Crippen LogP contribution is -2.49. The normalized spacial score (nSPS) is 20.1. The fourth-order valence-electron chi connectivity index (χ4n) is 3.23. The van der Waals surface area contributed by atoms with E-state index in [9.17, 15) is 9.90 Å². The van der Waals surface area contributed by atoms with Crippen molar-refractivity contribution < 1.29 is 9.90 Å². The molecule has 1 aliphatic heterocycles. The lowest BCUT2D eigenvalue weighted by atomic mass is 9.95. The van der Waals surface area contributed by atoms with Crippen LogP contribution in [0.25, 0.3) is 0 Å². The summed E-state index contributed by atoms with van der Waals surface area (Å²) < 4.78 is 0. The van der Waals surface area contributed by atoms with E-state index in [-0.39, 0.29) is 0 Å². The predicted octanol–water partition coefficient (Wildman–Crippen LogP) is 2.67. The maximum Gasteiger partial charge on any atom is 0.323 e. The van der Waals surface area contributed by atoms with Gasteiger partial charge in [-0.1, -0.05) is 25.1 Å². The second-order valence-corrected chi connectivity index (χ2v) is 6.15. The van der Waals surface area contributed by atoms with Crippen LogP contribution < -0.4 is 10.2 Å². The minimum atomic E-state index is -0.822. The van der Waals surface area contributed by atoms with Gasteiger partial charge in [0.2, 0.25) is 0 Å². The first-order valence-electron chi connectivity index (χ1n) is 7.81. The highest BCUT2D eigenvalue weighted by Crippen LogP contribution is 2.32. The fraction of sp³-hybridized carbons (Fsp3) is 0.588. The number of fused-ring (bicyclic) bond motifs is 1. The molecule has 2 atom stereocenters. The standard InChI is InChI=1S/C17H26N2O2/c1-4-18-17(3,16(20)21)10-7-11-19-13(2)12-14-8-5-6-9-15(14)19/h5-6,8-9,13,18H,4,7,10-12H2,1-3H3,(H,20,21). The minimum Gasteiger partial charge on any atom is -0.480 e. The van der Waals surface area contributed by atoms with Crippen molar-refractivity contribution in [2.24, 2.45) is 0 Å². The van der Waals surface area contributed by atoms with Crippen molar-refractivity contribution in [1.29, 1.82) is 0 Å².